The first-order valence-electron chi connectivity index (χ1n) is 11.3. The molecular formula is C28H31NO4. The van der Waals surface area contributed by atoms with Crippen LogP contribution < -0.4 is 10.1 Å². The summed E-state index contributed by atoms with van der Waals surface area (Å²) in [5, 5.41) is 3.38. The van der Waals surface area contributed by atoms with Gasteiger partial charge in [0.15, 0.2) is 5.78 Å². The van der Waals surface area contributed by atoms with Crippen LogP contribution >= 0.6 is 0 Å². The van der Waals surface area contributed by atoms with Crippen LogP contribution in [0.25, 0.3) is 0 Å². The largest absolute Gasteiger partial charge is 0.497 e. The monoisotopic (exact) mass is 445 g/mol. The third-order valence-corrected chi connectivity index (χ3v) is 6.36. The maximum absolute atomic E-state index is 13.4. The number of Topliss-reactive ketones (excluding diaryl/α,β-unsaturated/α-hetero) is 1. The fourth-order valence-corrected chi connectivity index (χ4v) is 4.84. The molecule has 4 rings (SSSR count). The number of hydrogen-bond donors (Lipinski definition) is 1. The van der Waals surface area contributed by atoms with Crippen molar-refractivity contribution in [3.63, 3.8) is 0 Å². The van der Waals surface area contributed by atoms with Gasteiger partial charge in [-0.05, 0) is 48.9 Å². The predicted molar refractivity (Wildman–Crippen MR) is 128 cm³/mol. The standard InChI is InChI=1S/C28H31NO4/c1-17-7-6-8-20(13-17)25-24(27(31)33-16-19-9-11-21(32-5)12-10-19)18(2)29-22-14-28(3,4)15-23(30)26(22)25/h6-13,25,29H,14-16H2,1-5H3/t25-/m1/s1. The molecule has 1 aliphatic heterocycles. The number of dihydropyridines is 1. The summed E-state index contributed by atoms with van der Waals surface area (Å²) in [7, 11) is 1.61. The summed E-state index contributed by atoms with van der Waals surface area (Å²) in [6.07, 6.45) is 1.23. The molecule has 1 atom stereocenters. The van der Waals surface area contributed by atoms with Gasteiger partial charge in [-0.2, -0.15) is 0 Å². The van der Waals surface area contributed by atoms with Crippen molar-refractivity contribution < 1.29 is 19.1 Å². The molecule has 1 aliphatic carbocycles. The van der Waals surface area contributed by atoms with Crippen molar-refractivity contribution in [2.75, 3.05) is 7.11 Å². The molecule has 1 heterocycles. The number of hydrogen-bond acceptors (Lipinski definition) is 5. The van der Waals surface area contributed by atoms with Gasteiger partial charge in [0.05, 0.1) is 12.7 Å². The van der Waals surface area contributed by atoms with Crippen LogP contribution in [0.1, 0.15) is 56.2 Å². The normalized spacial score (nSPS) is 19.7. The summed E-state index contributed by atoms with van der Waals surface area (Å²) in [6, 6.07) is 15.5. The maximum atomic E-state index is 13.4. The van der Waals surface area contributed by atoms with Gasteiger partial charge in [-0.3, -0.25) is 4.79 Å². The quantitative estimate of drug-likeness (QED) is 0.629. The minimum absolute atomic E-state index is 0.0909. The van der Waals surface area contributed by atoms with E-state index in [4.69, 9.17) is 9.47 Å². The molecule has 0 saturated carbocycles. The molecule has 2 aromatic rings. The summed E-state index contributed by atoms with van der Waals surface area (Å²) in [4.78, 5) is 26.7. The fraction of sp³-hybridized carbons (Fsp3) is 0.357. The molecule has 33 heavy (non-hydrogen) atoms. The van der Waals surface area contributed by atoms with Gasteiger partial charge in [0.1, 0.15) is 12.4 Å². The predicted octanol–water partition coefficient (Wildman–Crippen LogP) is 5.35. The van der Waals surface area contributed by atoms with Crippen LogP contribution in [-0.2, 0) is 20.9 Å². The third kappa shape index (κ3) is 4.72. The smallest absolute Gasteiger partial charge is 0.337 e. The average molecular weight is 446 g/mol. The van der Waals surface area contributed by atoms with Crippen LogP contribution in [-0.4, -0.2) is 18.9 Å². The number of rotatable bonds is 5. The summed E-state index contributed by atoms with van der Waals surface area (Å²) in [5.74, 6) is -0.00865. The van der Waals surface area contributed by atoms with E-state index in [-0.39, 0.29) is 17.8 Å². The topological polar surface area (TPSA) is 64.6 Å². The van der Waals surface area contributed by atoms with Crippen LogP contribution in [0, 0.1) is 12.3 Å². The van der Waals surface area contributed by atoms with Gasteiger partial charge in [0, 0.05) is 29.3 Å². The van der Waals surface area contributed by atoms with E-state index < -0.39 is 11.9 Å². The highest BCUT2D eigenvalue weighted by Crippen LogP contribution is 2.46. The fourth-order valence-electron chi connectivity index (χ4n) is 4.84. The van der Waals surface area contributed by atoms with Gasteiger partial charge >= 0.3 is 5.97 Å². The lowest BCUT2D eigenvalue weighted by Gasteiger charge is -2.39. The van der Waals surface area contributed by atoms with Gasteiger partial charge in [-0.15, -0.1) is 0 Å². The van der Waals surface area contributed by atoms with Crippen molar-refractivity contribution in [3.05, 3.63) is 87.8 Å². The molecule has 0 radical (unpaired) electrons. The molecule has 0 unspecified atom stereocenters. The Morgan fingerprint density at radius 1 is 1.09 bits per heavy atom. The van der Waals surface area contributed by atoms with Crippen molar-refractivity contribution in [2.24, 2.45) is 5.41 Å². The van der Waals surface area contributed by atoms with Crippen LogP contribution in [0.3, 0.4) is 0 Å². The Morgan fingerprint density at radius 2 is 1.82 bits per heavy atom. The number of carbonyl (C=O) groups is 2. The van der Waals surface area contributed by atoms with E-state index in [0.29, 0.717) is 17.6 Å². The number of nitrogens with one attached hydrogen (secondary N) is 1. The molecule has 0 spiro atoms. The van der Waals surface area contributed by atoms with Crippen molar-refractivity contribution in [1.82, 2.24) is 5.32 Å². The number of methoxy groups -OCH3 is 1. The van der Waals surface area contributed by atoms with Gasteiger partial charge in [-0.25, -0.2) is 4.79 Å². The van der Waals surface area contributed by atoms with Crippen LogP contribution in [0.2, 0.25) is 0 Å². The molecule has 2 aliphatic rings. The van der Waals surface area contributed by atoms with Crippen LogP contribution in [0.4, 0.5) is 0 Å². The van der Waals surface area contributed by atoms with E-state index in [2.05, 4.69) is 25.2 Å². The van der Waals surface area contributed by atoms with E-state index in [1.807, 2.05) is 56.3 Å². The lowest BCUT2D eigenvalue weighted by Crippen LogP contribution is -2.38. The zero-order chi connectivity index (χ0) is 23.8. The number of aryl methyl sites for hydroxylation is 1. The lowest BCUT2D eigenvalue weighted by atomic mass is 9.68. The first-order chi connectivity index (χ1) is 15.7. The third-order valence-electron chi connectivity index (χ3n) is 6.36. The SMILES string of the molecule is COc1ccc(COC(=O)C2=C(C)NC3=C(C(=O)CC(C)(C)C3)[C@@H]2c2cccc(C)c2)cc1. The van der Waals surface area contributed by atoms with Crippen molar-refractivity contribution in [1.29, 1.82) is 0 Å². The average Bonchev–Trinajstić information content (AvgIpc) is 2.76. The zero-order valence-electron chi connectivity index (χ0n) is 20.0. The van der Waals surface area contributed by atoms with E-state index in [0.717, 1.165) is 40.3 Å². The van der Waals surface area contributed by atoms with E-state index >= 15 is 0 Å². The van der Waals surface area contributed by atoms with Crippen molar-refractivity contribution in [3.8, 4) is 5.75 Å². The van der Waals surface area contributed by atoms with E-state index in [9.17, 15) is 9.59 Å². The maximum Gasteiger partial charge on any atom is 0.337 e. The number of benzene rings is 2. The van der Waals surface area contributed by atoms with E-state index in [1.54, 1.807) is 7.11 Å². The van der Waals surface area contributed by atoms with Gasteiger partial charge in [0.2, 0.25) is 0 Å². The first kappa shape index (κ1) is 22.8. The Kier molecular flexibility index (Phi) is 6.15. The minimum atomic E-state index is -0.437. The van der Waals surface area contributed by atoms with Gasteiger partial charge in [-0.1, -0.05) is 55.8 Å². The van der Waals surface area contributed by atoms with Crippen molar-refractivity contribution in [2.45, 2.75) is 53.1 Å². The Labute approximate surface area is 195 Å². The summed E-state index contributed by atoms with van der Waals surface area (Å²) in [6.45, 7) is 8.27. The number of ether oxygens (including phenoxy) is 2. The number of esters is 1. The van der Waals surface area contributed by atoms with Gasteiger partial charge in [0.25, 0.3) is 0 Å². The summed E-state index contributed by atoms with van der Waals surface area (Å²) in [5.41, 5.74) is 5.63. The van der Waals surface area contributed by atoms with Crippen LogP contribution in [0.5, 0.6) is 5.75 Å². The number of ketones is 1. The number of carbonyl (C=O) groups excluding carboxylic acids is 2. The Bertz CT molecular complexity index is 1150. The first-order valence-corrected chi connectivity index (χ1v) is 11.3. The molecule has 2 aromatic carbocycles. The Balaban J connectivity index is 1.69. The molecule has 5 nitrogen and oxygen atoms in total. The summed E-state index contributed by atoms with van der Waals surface area (Å²) < 4.78 is 10.9. The molecule has 0 amide bonds. The molecule has 172 valence electrons. The van der Waals surface area contributed by atoms with Gasteiger partial charge < -0.3 is 14.8 Å². The Hall–Kier alpha value is -3.34. The highest BCUT2D eigenvalue weighted by atomic mass is 16.5. The van der Waals surface area contributed by atoms with Crippen molar-refractivity contribution >= 4 is 11.8 Å². The molecule has 0 fully saturated rings. The lowest BCUT2D eigenvalue weighted by molar-refractivity contribution is -0.140. The molecule has 1 N–H and O–H groups in total. The second kappa shape index (κ2) is 8.89. The molecular weight excluding hydrogens is 414 g/mol. The molecule has 0 bridgehead atoms. The molecule has 0 aromatic heterocycles. The molecule has 5 heteroatoms. The minimum Gasteiger partial charge on any atom is -0.497 e. The zero-order valence-corrected chi connectivity index (χ0v) is 20.0. The van der Waals surface area contributed by atoms with E-state index in [1.165, 1.54) is 0 Å². The highest BCUT2D eigenvalue weighted by Gasteiger charge is 2.43. The second-order valence-electron chi connectivity index (χ2n) is 9.77. The summed E-state index contributed by atoms with van der Waals surface area (Å²) >= 11 is 0. The number of allylic oxidation sites excluding steroid dienone is 3. The second-order valence-corrected chi connectivity index (χ2v) is 9.77. The van der Waals surface area contributed by atoms with Crippen LogP contribution in [0.15, 0.2) is 71.1 Å². The highest BCUT2D eigenvalue weighted by molar-refractivity contribution is 6.04. The molecule has 0 saturated heterocycles. The Morgan fingerprint density at radius 3 is 2.48 bits per heavy atom.